The van der Waals surface area contributed by atoms with Gasteiger partial charge in [-0.05, 0) is 23.6 Å². The van der Waals surface area contributed by atoms with Crippen molar-refractivity contribution >= 4 is 11.8 Å². The fourth-order valence-electron chi connectivity index (χ4n) is 1.62. The number of carbonyl (C=O) groups excluding carboxylic acids is 2. The highest BCUT2D eigenvalue weighted by atomic mass is 19.1. The molecule has 0 heterocycles. The van der Waals surface area contributed by atoms with Crippen molar-refractivity contribution in [3.63, 3.8) is 0 Å². The minimum Gasteiger partial charge on any atom is -0.368 e. The van der Waals surface area contributed by atoms with Crippen molar-refractivity contribution in [1.82, 2.24) is 5.32 Å². The van der Waals surface area contributed by atoms with E-state index in [0.717, 1.165) is 0 Å². The molecule has 0 aliphatic rings. The van der Waals surface area contributed by atoms with Crippen LogP contribution < -0.4 is 11.1 Å². The van der Waals surface area contributed by atoms with Crippen LogP contribution in [-0.2, 0) is 16.0 Å². The topological polar surface area (TPSA) is 72.2 Å². The summed E-state index contributed by atoms with van der Waals surface area (Å²) >= 11 is 0. The SMILES string of the molecule is CC(C)[C@@H](NC(=O)Cc1cccc(F)c1)C(N)=O. The molecule has 4 nitrogen and oxygen atoms in total. The van der Waals surface area contributed by atoms with Gasteiger partial charge in [-0.25, -0.2) is 4.39 Å². The summed E-state index contributed by atoms with van der Waals surface area (Å²) in [5.41, 5.74) is 5.74. The van der Waals surface area contributed by atoms with Gasteiger partial charge in [0.1, 0.15) is 11.9 Å². The van der Waals surface area contributed by atoms with E-state index in [2.05, 4.69) is 5.32 Å². The Labute approximate surface area is 105 Å². The van der Waals surface area contributed by atoms with E-state index in [1.165, 1.54) is 18.2 Å². The number of primary amides is 1. The smallest absolute Gasteiger partial charge is 0.240 e. The highest BCUT2D eigenvalue weighted by Gasteiger charge is 2.21. The highest BCUT2D eigenvalue weighted by Crippen LogP contribution is 2.06. The van der Waals surface area contributed by atoms with Gasteiger partial charge in [-0.15, -0.1) is 0 Å². The molecule has 0 radical (unpaired) electrons. The minimum absolute atomic E-state index is 0.0221. The van der Waals surface area contributed by atoms with Crippen molar-refractivity contribution in [1.29, 1.82) is 0 Å². The van der Waals surface area contributed by atoms with Crippen LogP contribution in [-0.4, -0.2) is 17.9 Å². The summed E-state index contributed by atoms with van der Waals surface area (Å²) < 4.78 is 12.9. The van der Waals surface area contributed by atoms with Crippen LogP contribution in [0.1, 0.15) is 19.4 Å². The Bertz CT molecular complexity index is 446. The predicted octanol–water partition coefficient (Wildman–Crippen LogP) is 0.994. The number of carbonyl (C=O) groups is 2. The van der Waals surface area contributed by atoms with Crippen LogP contribution in [0.15, 0.2) is 24.3 Å². The fraction of sp³-hybridized carbons (Fsp3) is 0.385. The van der Waals surface area contributed by atoms with Crippen LogP contribution in [0.3, 0.4) is 0 Å². The summed E-state index contributed by atoms with van der Waals surface area (Å²) in [4.78, 5) is 22.8. The lowest BCUT2D eigenvalue weighted by atomic mass is 10.0. The van der Waals surface area contributed by atoms with E-state index in [-0.39, 0.29) is 18.2 Å². The van der Waals surface area contributed by atoms with Gasteiger partial charge in [0, 0.05) is 0 Å². The summed E-state index contributed by atoms with van der Waals surface area (Å²) in [6, 6.07) is 5.07. The molecule has 0 aliphatic carbocycles. The van der Waals surface area contributed by atoms with Gasteiger partial charge in [0.2, 0.25) is 11.8 Å². The Morgan fingerprint density at radius 3 is 2.56 bits per heavy atom. The fourth-order valence-corrected chi connectivity index (χ4v) is 1.62. The lowest BCUT2D eigenvalue weighted by Crippen LogP contribution is -2.48. The third-order valence-corrected chi connectivity index (χ3v) is 2.54. The molecule has 5 heteroatoms. The Hall–Kier alpha value is -1.91. The Balaban J connectivity index is 2.63. The molecule has 0 unspecified atom stereocenters. The van der Waals surface area contributed by atoms with Gasteiger partial charge in [-0.3, -0.25) is 9.59 Å². The molecule has 0 aromatic heterocycles. The molecule has 18 heavy (non-hydrogen) atoms. The summed E-state index contributed by atoms with van der Waals surface area (Å²) in [5, 5.41) is 2.55. The van der Waals surface area contributed by atoms with E-state index in [4.69, 9.17) is 5.73 Å². The molecule has 0 fully saturated rings. The Morgan fingerprint density at radius 1 is 1.39 bits per heavy atom. The average molecular weight is 252 g/mol. The third kappa shape index (κ3) is 4.16. The molecular formula is C13H17FN2O2. The molecule has 0 saturated heterocycles. The quantitative estimate of drug-likeness (QED) is 0.820. The number of benzene rings is 1. The maximum absolute atomic E-state index is 12.9. The molecule has 1 aromatic carbocycles. The van der Waals surface area contributed by atoms with E-state index >= 15 is 0 Å². The summed E-state index contributed by atoms with van der Waals surface area (Å²) in [7, 11) is 0. The number of hydrogen-bond donors (Lipinski definition) is 2. The first-order valence-corrected chi connectivity index (χ1v) is 5.73. The van der Waals surface area contributed by atoms with Crippen LogP contribution >= 0.6 is 0 Å². The van der Waals surface area contributed by atoms with Crippen LogP contribution in [0.25, 0.3) is 0 Å². The predicted molar refractivity (Wildman–Crippen MR) is 66.1 cm³/mol. The number of amides is 2. The largest absolute Gasteiger partial charge is 0.368 e. The minimum atomic E-state index is -0.703. The van der Waals surface area contributed by atoms with Crippen molar-refractivity contribution in [3.05, 3.63) is 35.6 Å². The van der Waals surface area contributed by atoms with Gasteiger partial charge in [0.25, 0.3) is 0 Å². The number of rotatable bonds is 5. The molecule has 0 bridgehead atoms. The van der Waals surface area contributed by atoms with Gasteiger partial charge in [-0.1, -0.05) is 26.0 Å². The van der Waals surface area contributed by atoms with Crippen LogP contribution in [0.5, 0.6) is 0 Å². The maximum Gasteiger partial charge on any atom is 0.240 e. The molecular weight excluding hydrogens is 235 g/mol. The second-order valence-corrected chi connectivity index (χ2v) is 4.50. The van der Waals surface area contributed by atoms with Crippen molar-refractivity contribution < 1.29 is 14.0 Å². The lowest BCUT2D eigenvalue weighted by molar-refractivity contribution is -0.127. The number of nitrogens with one attached hydrogen (secondary N) is 1. The van der Waals surface area contributed by atoms with Gasteiger partial charge < -0.3 is 11.1 Å². The normalized spacial score (nSPS) is 12.2. The molecule has 1 atom stereocenters. The van der Waals surface area contributed by atoms with Crippen LogP contribution in [0.2, 0.25) is 0 Å². The van der Waals surface area contributed by atoms with Gasteiger partial charge in [-0.2, -0.15) is 0 Å². The first-order valence-electron chi connectivity index (χ1n) is 5.73. The van der Waals surface area contributed by atoms with E-state index in [0.29, 0.717) is 5.56 Å². The molecule has 98 valence electrons. The first-order chi connectivity index (χ1) is 8.40. The molecule has 0 aliphatic heterocycles. The van der Waals surface area contributed by atoms with Crippen LogP contribution in [0, 0.1) is 11.7 Å². The van der Waals surface area contributed by atoms with Crippen molar-refractivity contribution in [2.75, 3.05) is 0 Å². The molecule has 2 amide bonds. The lowest BCUT2D eigenvalue weighted by Gasteiger charge is -2.18. The van der Waals surface area contributed by atoms with Crippen LogP contribution in [0.4, 0.5) is 4.39 Å². The zero-order chi connectivity index (χ0) is 13.7. The number of halogens is 1. The number of hydrogen-bond acceptors (Lipinski definition) is 2. The zero-order valence-electron chi connectivity index (χ0n) is 10.4. The number of nitrogens with two attached hydrogens (primary N) is 1. The van der Waals surface area contributed by atoms with E-state index in [1.807, 2.05) is 0 Å². The summed E-state index contributed by atoms with van der Waals surface area (Å²) in [5.74, 6) is -1.40. The average Bonchev–Trinajstić information content (AvgIpc) is 2.25. The zero-order valence-corrected chi connectivity index (χ0v) is 10.4. The third-order valence-electron chi connectivity index (χ3n) is 2.54. The second kappa shape index (κ2) is 6.14. The van der Waals surface area contributed by atoms with E-state index in [1.54, 1.807) is 19.9 Å². The monoisotopic (exact) mass is 252 g/mol. The van der Waals surface area contributed by atoms with Crippen molar-refractivity contribution in [3.8, 4) is 0 Å². The van der Waals surface area contributed by atoms with E-state index < -0.39 is 17.8 Å². The second-order valence-electron chi connectivity index (χ2n) is 4.50. The van der Waals surface area contributed by atoms with Gasteiger partial charge in [0.05, 0.1) is 6.42 Å². The van der Waals surface area contributed by atoms with Crippen molar-refractivity contribution in [2.24, 2.45) is 11.7 Å². The summed E-state index contributed by atoms with van der Waals surface area (Å²) in [6.45, 7) is 3.58. The van der Waals surface area contributed by atoms with Crippen molar-refractivity contribution in [2.45, 2.75) is 26.3 Å². The highest BCUT2D eigenvalue weighted by molar-refractivity contribution is 5.87. The molecule has 3 N–H and O–H groups in total. The molecule has 0 saturated carbocycles. The van der Waals surface area contributed by atoms with Gasteiger partial charge >= 0.3 is 0 Å². The molecule has 1 aromatic rings. The standard InChI is InChI=1S/C13H17FN2O2/c1-8(2)12(13(15)18)16-11(17)7-9-4-3-5-10(14)6-9/h3-6,8,12H,7H2,1-2H3,(H2,15,18)(H,16,17)/t12-/m1/s1. The molecule has 0 spiro atoms. The van der Waals surface area contributed by atoms with Gasteiger partial charge in [0.15, 0.2) is 0 Å². The Kier molecular flexibility index (Phi) is 4.83. The first kappa shape index (κ1) is 14.2. The Morgan fingerprint density at radius 2 is 2.06 bits per heavy atom. The molecule has 1 rings (SSSR count). The maximum atomic E-state index is 12.9. The van der Waals surface area contributed by atoms with E-state index in [9.17, 15) is 14.0 Å². The summed E-state index contributed by atoms with van der Waals surface area (Å²) in [6.07, 6.45) is 0.0221.